The van der Waals surface area contributed by atoms with Crippen molar-refractivity contribution >= 4 is 11.6 Å². The number of aryl methyl sites for hydroxylation is 1. The van der Waals surface area contributed by atoms with E-state index >= 15 is 0 Å². The van der Waals surface area contributed by atoms with Crippen LogP contribution in [0.5, 0.6) is 0 Å². The van der Waals surface area contributed by atoms with Crippen molar-refractivity contribution in [2.24, 2.45) is 0 Å². The molecule has 0 amide bonds. The third-order valence-electron chi connectivity index (χ3n) is 1.98. The van der Waals surface area contributed by atoms with Crippen molar-refractivity contribution in [1.82, 2.24) is 0 Å². The van der Waals surface area contributed by atoms with Crippen LogP contribution >= 0.6 is 11.6 Å². The minimum absolute atomic E-state index is 0.809. The molecule has 1 rings (SSSR count). The maximum atomic E-state index is 5.78. The van der Waals surface area contributed by atoms with Crippen LogP contribution in [0.2, 0.25) is 5.02 Å². The van der Waals surface area contributed by atoms with Gasteiger partial charge in [0.1, 0.15) is 0 Å². The van der Waals surface area contributed by atoms with E-state index in [1.165, 1.54) is 17.6 Å². The summed E-state index contributed by atoms with van der Waals surface area (Å²) in [5.74, 6) is 0. The molecule has 1 aromatic carbocycles. The van der Waals surface area contributed by atoms with Gasteiger partial charge < -0.3 is 0 Å². The van der Waals surface area contributed by atoms with E-state index in [9.17, 15) is 0 Å². The SMILES string of the molecule is C=C(C)CCCc1ccc(Cl)cc1. The van der Waals surface area contributed by atoms with Crippen LogP contribution in [0, 0.1) is 0 Å². The second kappa shape index (κ2) is 5.08. The van der Waals surface area contributed by atoms with E-state index < -0.39 is 0 Å². The summed E-state index contributed by atoms with van der Waals surface area (Å²) in [6, 6.07) is 8.05. The molecule has 0 fully saturated rings. The molecule has 0 saturated heterocycles. The lowest BCUT2D eigenvalue weighted by molar-refractivity contribution is 0.814. The van der Waals surface area contributed by atoms with Gasteiger partial charge in [-0.3, -0.25) is 0 Å². The number of halogens is 1. The monoisotopic (exact) mass is 194 g/mol. The molecule has 1 heteroatoms. The molecule has 0 aliphatic rings. The van der Waals surface area contributed by atoms with Gasteiger partial charge in [0, 0.05) is 5.02 Å². The second-order valence-corrected chi connectivity index (χ2v) is 3.87. The zero-order valence-corrected chi connectivity index (χ0v) is 8.77. The smallest absolute Gasteiger partial charge is 0.0406 e. The zero-order chi connectivity index (χ0) is 9.68. The van der Waals surface area contributed by atoms with E-state index in [2.05, 4.69) is 25.6 Å². The van der Waals surface area contributed by atoms with E-state index in [4.69, 9.17) is 11.6 Å². The summed E-state index contributed by atoms with van der Waals surface area (Å²) in [4.78, 5) is 0. The van der Waals surface area contributed by atoms with E-state index in [1.807, 2.05) is 12.1 Å². The Balaban J connectivity index is 2.37. The highest BCUT2D eigenvalue weighted by atomic mass is 35.5. The molecule has 70 valence electrons. The highest BCUT2D eigenvalue weighted by molar-refractivity contribution is 6.30. The summed E-state index contributed by atoms with van der Waals surface area (Å²) < 4.78 is 0. The third kappa shape index (κ3) is 4.14. The molecule has 13 heavy (non-hydrogen) atoms. The van der Waals surface area contributed by atoms with Gasteiger partial charge in [-0.25, -0.2) is 0 Å². The molecule has 0 aliphatic heterocycles. The minimum Gasteiger partial charge on any atom is -0.100 e. The van der Waals surface area contributed by atoms with Crippen molar-refractivity contribution in [1.29, 1.82) is 0 Å². The predicted molar refractivity (Wildman–Crippen MR) is 59.2 cm³/mol. The van der Waals surface area contributed by atoms with E-state index in [1.54, 1.807) is 0 Å². The fraction of sp³-hybridized carbons (Fsp3) is 0.333. The summed E-state index contributed by atoms with van der Waals surface area (Å²) in [5, 5.41) is 0.809. The van der Waals surface area contributed by atoms with E-state index in [0.717, 1.165) is 17.9 Å². The van der Waals surface area contributed by atoms with E-state index in [0.29, 0.717) is 0 Å². The third-order valence-corrected chi connectivity index (χ3v) is 2.23. The highest BCUT2D eigenvalue weighted by Gasteiger charge is 1.93. The van der Waals surface area contributed by atoms with Crippen LogP contribution in [0.4, 0.5) is 0 Å². The topological polar surface area (TPSA) is 0 Å². The predicted octanol–water partition coefficient (Wildman–Crippen LogP) is 4.24. The molecule has 1 aromatic rings. The van der Waals surface area contributed by atoms with Gasteiger partial charge in [-0.1, -0.05) is 29.3 Å². The molecule has 0 heterocycles. The van der Waals surface area contributed by atoms with Gasteiger partial charge >= 0.3 is 0 Å². The van der Waals surface area contributed by atoms with Crippen molar-refractivity contribution in [2.45, 2.75) is 26.2 Å². The second-order valence-electron chi connectivity index (χ2n) is 3.44. The van der Waals surface area contributed by atoms with Crippen LogP contribution in [0.25, 0.3) is 0 Å². The lowest BCUT2D eigenvalue weighted by Crippen LogP contribution is -1.85. The van der Waals surface area contributed by atoms with Crippen LogP contribution in [0.3, 0.4) is 0 Å². The number of hydrogen-bond acceptors (Lipinski definition) is 0. The zero-order valence-electron chi connectivity index (χ0n) is 8.02. The van der Waals surface area contributed by atoms with E-state index in [-0.39, 0.29) is 0 Å². The Labute approximate surface area is 85.2 Å². The fourth-order valence-corrected chi connectivity index (χ4v) is 1.37. The number of benzene rings is 1. The maximum Gasteiger partial charge on any atom is 0.0406 e. The molecule has 0 bridgehead atoms. The Kier molecular flexibility index (Phi) is 4.04. The first kappa shape index (κ1) is 10.3. The van der Waals surface area contributed by atoms with Crippen LogP contribution in [-0.2, 0) is 6.42 Å². The summed E-state index contributed by atoms with van der Waals surface area (Å²) in [6.07, 6.45) is 3.41. The Bertz CT molecular complexity index is 272. The van der Waals surface area contributed by atoms with Crippen molar-refractivity contribution in [2.75, 3.05) is 0 Å². The van der Waals surface area contributed by atoms with Crippen molar-refractivity contribution < 1.29 is 0 Å². The van der Waals surface area contributed by atoms with Crippen LogP contribution < -0.4 is 0 Å². The lowest BCUT2D eigenvalue weighted by atomic mass is 10.1. The normalized spacial score (nSPS) is 10.0. The molecular formula is C12H15Cl. The molecule has 0 nitrogen and oxygen atoms in total. The molecule has 0 aromatic heterocycles. The summed E-state index contributed by atoms with van der Waals surface area (Å²) in [6.45, 7) is 5.95. The average molecular weight is 195 g/mol. The van der Waals surface area contributed by atoms with Crippen LogP contribution in [0.15, 0.2) is 36.4 Å². The van der Waals surface area contributed by atoms with Gasteiger partial charge in [0.15, 0.2) is 0 Å². The van der Waals surface area contributed by atoms with Gasteiger partial charge in [-0.05, 0) is 43.9 Å². The quantitative estimate of drug-likeness (QED) is 0.629. The number of rotatable bonds is 4. The Hall–Kier alpha value is -0.750. The molecule has 0 aliphatic carbocycles. The molecule has 0 N–H and O–H groups in total. The fourth-order valence-electron chi connectivity index (χ4n) is 1.25. The highest BCUT2D eigenvalue weighted by Crippen LogP contribution is 2.12. The first-order chi connectivity index (χ1) is 6.18. The summed E-state index contributed by atoms with van der Waals surface area (Å²) in [5.41, 5.74) is 2.61. The Morgan fingerprint density at radius 3 is 2.46 bits per heavy atom. The molecule has 0 atom stereocenters. The number of hydrogen-bond donors (Lipinski definition) is 0. The van der Waals surface area contributed by atoms with Gasteiger partial charge in [-0.15, -0.1) is 6.58 Å². The minimum atomic E-state index is 0.809. The van der Waals surface area contributed by atoms with Crippen LogP contribution in [-0.4, -0.2) is 0 Å². The van der Waals surface area contributed by atoms with Crippen molar-refractivity contribution in [3.05, 3.63) is 47.0 Å². The Morgan fingerprint density at radius 1 is 1.31 bits per heavy atom. The maximum absolute atomic E-state index is 5.78. The first-order valence-corrected chi connectivity index (χ1v) is 4.95. The number of allylic oxidation sites excluding steroid dienone is 1. The van der Waals surface area contributed by atoms with Crippen molar-refractivity contribution in [3.63, 3.8) is 0 Å². The van der Waals surface area contributed by atoms with Crippen LogP contribution in [0.1, 0.15) is 25.3 Å². The van der Waals surface area contributed by atoms with Gasteiger partial charge in [-0.2, -0.15) is 0 Å². The first-order valence-electron chi connectivity index (χ1n) is 4.57. The molecule has 0 unspecified atom stereocenters. The molecule has 0 radical (unpaired) electrons. The average Bonchev–Trinajstić information content (AvgIpc) is 2.08. The molecule has 0 spiro atoms. The molecule has 0 saturated carbocycles. The standard InChI is InChI=1S/C12H15Cl/c1-10(2)4-3-5-11-6-8-12(13)9-7-11/h6-9H,1,3-5H2,2H3. The largest absolute Gasteiger partial charge is 0.100 e. The van der Waals surface area contributed by atoms with Gasteiger partial charge in [0.2, 0.25) is 0 Å². The Morgan fingerprint density at radius 2 is 1.92 bits per heavy atom. The summed E-state index contributed by atoms with van der Waals surface area (Å²) in [7, 11) is 0. The van der Waals surface area contributed by atoms with Crippen molar-refractivity contribution in [3.8, 4) is 0 Å². The van der Waals surface area contributed by atoms with Gasteiger partial charge in [0.25, 0.3) is 0 Å². The summed E-state index contributed by atoms with van der Waals surface area (Å²) >= 11 is 5.78. The lowest BCUT2D eigenvalue weighted by Gasteiger charge is -2.01. The van der Waals surface area contributed by atoms with Gasteiger partial charge in [0.05, 0.1) is 0 Å². The molecular weight excluding hydrogens is 180 g/mol.